The zero-order chi connectivity index (χ0) is 18.4. The maximum absolute atomic E-state index is 12.5. The number of piperidine rings is 1. The normalized spacial score (nSPS) is 17.0. The van der Waals surface area contributed by atoms with Gasteiger partial charge in [-0.05, 0) is 45.0 Å². The standard InChI is InChI=1S/C22H27NO3/c1-17-7-9-21(10-8-17)26-16-20(24)15-23-13-11-19(12-14-23)22(25)18-5-3-2-4-6-18/h2-10,19-20,24H,11-16H2,1H3. The van der Waals surface area contributed by atoms with Crippen LogP contribution in [0.3, 0.4) is 0 Å². The minimum atomic E-state index is -0.530. The number of hydrogen-bond acceptors (Lipinski definition) is 4. The highest BCUT2D eigenvalue weighted by Gasteiger charge is 2.26. The third-order valence-corrected chi connectivity index (χ3v) is 4.95. The molecule has 0 amide bonds. The number of rotatable bonds is 7. The number of hydrogen-bond donors (Lipinski definition) is 1. The number of ether oxygens (including phenoxy) is 1. The number of nitrogens with zero attached hydrogens (tertiary/aromatic N) is 1. The Morgan fingerprint density at radius 2 is 1.77 bits per heavy atom. The first-order valence-corrected chi connectivity index (χ1v) is 9.31. The van der Waals surface area contributed by atoms with Gasteiger partial charge in [0.05, 0.1) is 0 Å². The van der Waals surface area contributed by atoms with Gasteiger partial charge in [-0.15, -0.1) is 0 Å². The lowest BCUT2D eigenvalue weighted by Gasteiger charge is -2.32. The number of likely N-dealkylation sites (tertiary alicyclic amines) is 1. The van der Waals surface area contributed by atoms with Crippen molar-refractivity contribution in [2.45, 2.75) is 25.9 Å². The molecule has 0 radical (unpaired) electrons. The topological polar surface area (TPSA) is 49.8 Å². The van der Waals surface area contributed by atoms with E-state index in [-0.39, 0.29) is 18.3 Å². The van der Waals surface area contributed by atoms with E-state index in [1.54, 1.807) is 0 Å². The van der Waals surface area contributed by atoms with Crippen LogP contribution >= 0.6 is 0 Å². The van der Waals surface area contributed by atoms with Gasteiger partial charge >= 0.3 is 0 Å². The highest BCUT2D eigenvalue weighted by atomic mass is 16.5. The monoisotopic (exact) mass is 353 g/mol. The molecule has 1 aliphatic heterocycles. The largest absolute Gasteiger partial charge is 0.491 e. The quantitative estimate of drug-likeness (QED) is 0.776. The van der Waals surface area contributed by atoms with Crippen molar-refractivity contribution in [1.82, 2.24) is 4.90 Å². The van der Waals surface area contributed by atoms with Crippen LogP contribution in [-0.4, -0.2) is 48.1 Å². The molecule has 0 aromatic heterocycles. The molecule has 1 fully saturated rings. The first kappa shape index (κ1) is 18.6. The van der Waals surface area contributed by atoms with Crippen molar-refractivity contribution in [3.05, 3.63) is 65.7 Å². The van der Waals surface area contributed by atoms with Gasteiger partial charge in [0, 0.05) is 18.0 Å². The van der Waals surface area contributed by atoms with Crippen LogP contribution in [0.15, 0.2) is 54.6 Å². The summed E-state index contributed by atoms with van der Waals surface area (Å²) in [5, 5.41) is 10.2. The molecule has 0 saturated carbocycles. The molecule has 4 nitrogen and oxygen atoms in total. The van der Waals surface area contributed by atoms with Crippen LogP contribution in [0.5, 0.6) is 5.75 Å². The van der Waals surface area contributed by atoms with Crippen LogP contribution in [0, 0.1) is 12.8 Å². The lowest BCUT2D eigenvalue weighted by Crippen LogP contribution is -2.42. The van der Waals surface area contributed by atoms with Crippen LogP contribution < -0.4 is 4.74 Å². The molecular formula is C22H27NO3. The molecule has 3 rings (SSSR count). The van der Waals surface area contributed by atoms with Crippen LogP contribution in [0.1, 0.15) is 28.8 Å². The average molecular weight is 353 g/mol. The number of carbonyl (C=O) groups excluding carboxylic acids is 1. The first-order valence-electron chi connectivity index (χ1n) is 9.31. The number of Topliss-reactive ketones (excluding diaryl/α,β-unsaturated/α-hetero) is 1. The van der Waals surface area contributed by atoms with E-state index in [1.807, 2.05) is 61.5 Å². The smallest absolute Gasteiger partial charge is 0.166 e. The molecule has 2 aromatic rings. The second-order valence-electron chi connectivity index (χ2n) is 7.08. The fourth-order valence-electron chi connectivity index (χ4n) is 3.39. The molecule has 0 bridgehead atoms. The summed E-state index contributed by atoms with van der Waals surface area (Å²) >= 11 is 0. The zero-order valence-corrected chi connectivity index (χ0v) is 15.3. The molecule has 4 heteroatoms. The van der Waals surface area contributed by atoms with E-state index in [1.165, 1.54) is 5.56 Å². The maximum Gasteiger partial charge on any atom is 0.166 e. The second kappa shape index (κ2) is 8.97. The summed E-state index contributed by atoms with van der Waals surface area (Å²) in [5.74, 6) is 1.12. The fraction of sp³-hybridized carbons (Fsp3) is 0.409. The minimum absolute atomic E-state index is 0.0922. The van der Waals surface area contributed by atoms with E-state index >= 15 is 0 Å². The van der Waals surface area contributed by atoms with Crippen LogP contribution in [0.25, 0.3) is 0 Å². The van der Waals surface area contributed by atoms with Gasteiger partial charge < -0.3 is 14.7 Å². The Kier molecular flexibility index (Phi) is 6.42. The van der Waals surface area contributed by atoms with Crippen molar-refractivity contribution in [2.24, 2.45) is 5.92 Å². The Hall–Kier alpha value is -2.17. The summed E-state index contributed by atoms with van der Waals surface area (Å²) < 4.78 is 5.65. The van der Waals surface area contributed by atoms with Crippen molar-refractivity contribution in [3.63, 3.8) is 0 Å². The number of carbonyl (C=O) groups is 1. The SMILES string of the molecule is Cc1ccc(OCC(O)CN2CCC(C(=O)c3ccccc3)CC2)cc1. The molecule has 0 spiro atoms. The fourth-order valence-corrected chi connectivity index (χ4v) is 3.39. The molecule has 26 heavy (non-hydrogen) atoms. The van der Waals surface area contributed by atoms with Gasteiger partial charge in [0.25, 0.3) is 0 Å². The Balaban J connectivity index is 1.40. The van der Waals surface area contributed by atoms with Crippen molar-refractivity contribution in [1.29, 1.82) is 0 Å². The zero-order valence-electron chi connectivity index (χ0n) is 15.3. The molecule has 1 heterocycles. The van der Waals surface area contributed by atoms with Crippen LogP contribution in [0.2, 0.25) is 0 Å². The van der Waals surface area contributed by atoms with E-state index in [9.17, 15) is 9.90 Å². The summed E-state index contributed by atoms with van der Waals surface area (Å²) in [6.45, 7) is 4.57. The number of aliphatic hydroxyl groups is 1. The molecule has 1 aliphatic rings. The van der Waals surface area contributed by atoms with Crippen LogP contribution in [-0.2, 0) is 0 Å². The molecule has 138 valence electrons. The third kappa shape index (κ3) is 5.16. The average Bonchev–Trinajstić information content (AvgIpc) is 2.68. The minimum Gasteiger partial charge on any atom is -0.491 e. The van der Waals surface area contributed by atoms with Gasteiger partial charge in [-0.2, -0.15) is 0 Å². The number of aliphatic hydroxyl groups excluding tert-OH is 1. The van der Waals surface area contributed by atoms with Gasteiger partial charge in [-0.3, -0.25) is 4.79 Å². The number of aryl methyl sites for hydroxylation is 1. The van der Waals surface area contributed by atoms with Gasteiger partial charge in [0.2, 0.25) is 0 Å². The summed E-state index contributed by atoms with van der Waals surface area (Å²) in [7, 11) is 0. The Bertz CT molecular complexity index is 691. The number of benzene rings is 2. The summed E-state index contributed by atoms with van der Waals surface area (Å²) in [6.07, 6.45) is 1.16. The molecule has 1 N–H and O–H groups in total. The number of ketones is 1. The van der Waals surface area contributed by atoms with Gasteiger partial charge in [-0.25, -0.2) is 0 Å². The van der Waals surface area contributed by atoms with E-state index < -0.39 is 6.10 Å². The van der Waals surface area contributed by atoms with Gasteiger partial charge in [0.1, 0.15) is 18.5 Å². The lowest BCUT2D eigenvalue weighted by molar-refractivity contribution is 0.0524. The molecule has 1 unspecified atom stereocenters. The van der Waals surface area contributed by atoms with E-state index in [0.29, 0.717) is 6.54 Å². The molecule has 1 saturated heterocycles. The van der Waals surface area contributed by atoms with E-state index in [0.717, 1.165) is 37.2 Å². The molecule has 2 aromatic carbocycles. The maximum atomic E-state index is 12.5. The second-order valence-corrected chi connectivity index (χ2v) is 7.08. The van der Waals surface area contributed by atoms with Gasteiger partial charge in [0.15, 0.2) is 5.78 Å². The first-order chi connectivity index (χ1) is 12.6. The molecular weight excluding hydrogens is 326 g/mol. The Labute approximate surface area is 155 Å². The summed E-state index contributed by atoms with van der Waals surface area (Å²) in [6, 6.07) is 17.4. The summed E-state index contributed by atoms with van der Waals surface area (Å²) in [5.41, 5.74) is 1.99. The number of β-amino-alcohol motifs (C(OH)–C–C–N with tert-alkyl or cyclic N) is 1. The summed E-state index contributed by atoms with van der Waals surface area (Å²) in [4.78, 5) is 14.7. The lowest BCUT2D eigenvalue weighted by atomic mass is 9.89. The highest BCUT2D eigenvalue weighted by molar-refractivity contribution is 5.97. The van der Waals surface area contributed by atoms with Crippen molar-refractivity contribution in [2.75, 3.05) is 26.2 Å². The van der Waals surface area contributed by atoms with Crippen molar-refractivity contribution in [3.8, 4) is 5.75 Å². The Morgan fingerprint density at radius 3 is 2.42 bits per heavy atom. The van der Waals surface area contributed by atoms with Gasteiger partial charge in [-0.1, -0.05) is 48.0 Å². The van der Waals surface area contributed by atoms with E-state index in [2.05, 4.69) is 4.90 Å². The predicted molar refractivity (Wildman–Crippen MR) is 103 cm³/mol. The molecule has 1 atom stereocenters. The Morgan fingerprint density at radius 1 is 1.12 bits per heavy atom. The predicted octanol–water partition coefficient (Wildman–Crippen LogP) is 3.33. The molecule has 0 aliphatic carbocycles. The van der Waals surface area contributed by atoms with Crippen LogP contribution in [0.4, 0.5) is 0 Å². The third-order valence-electron chi connectivity index (χ3n) is 4.95. The van der Waals surface area contributed by atoms with Crippen molar-refractivity contribution < 1.29 is 14.6 Å². The van der Waals surface area contributed by atoms with Crippen molar-refractivity contribution >= 4 is 5.78 Å². The van der Waals surface area contributed by atoms with E-state index in [4.69, 9.17) is 4.74 Å². The highest BCUT2D eigenvalue weighted by Crippen LogP contribution is 2.22.